The zero-order valence-electron chi connectivity index (χ0n) is 24.3. The number of alkyl carbamates (subject to hydrolysis) is 1. The highest BCUT2D eigenvalue weighted by molar-refractivity contribution is 5.99. The van der Waals surface area contributed by atoms with Crippen molar-refractivity contribution in [2.75, 3.05) is 12.4 Å². The van der Waals surface area contributed by atoms with Crippen molar-refractivity contribution in [2.24, 2.45) is 5.92 Å². The molecule has 0 aromatic heterocycles. The summed E-state index contributed by atoms with van der Waals surface area (Å²) in [5, 5.41) is 7.79. The predicted molar refractivity (Wildman–Crippen MR) is 152 cm³/mol. The van der Waals surface area contributed by atoms with Crippen molar-refractivity contribution < 1.29 is 38.2 Å². The fourth-order valence-electron chi connectivity index (χ4n) is 3.63. The van der Waals surface area contributed by atoms with Crippen LogP contribution in [0.25, 0.3) is 0 Å². The molecule has 2 rings (SSSR count). The van der Waals surface area contributed by atoms with Crippen LogP contribution in [0.3, 0.4) is 0 Å². The van der Waals surface area contributed by atoms with E-state index >= 15 is 0 Å². The quantitative estimate of drug-likeness (QED) is 0.257. The smallest absolute Gasteiger partial charge is 0.408 e. The molecule has 0 heterocycles. The lowest BCUT2D eigenvalue weighted by Crippen LogP contribution is -2.54. The van der Waals surface area contributed by atoms with E-state index in [1.165, 1.54) is 31.4 Å². The van der Waals surface area contributed by atoms with Crippen molar-refractivity contribution in [1.82, 2.24) is 10.6 Å². The Morgan fingerprint density at radius 3 is 2.02 bits per heavy atom. The molecule has 0 radical (unpaired) electrons. The lowest BCUT2D eigenvalue weighted by atomic mass is 10.0. The predicted octanol–water partition coefficient (Wildman–Crippen LogP) is 3.97. The summed E-state index contributed by atoms with van der Waals surface area (Å²) in [5.41, 5.74) is 0.629. The summed E-state index contributed by atoms with van der Waals surface area (Å²) in [6.07, 6.45) is -1.11. The molecule has 0 spiro atoms. The molecule has 2 aromatic carbocycles. The molecule has 0 aliphatic carbocycles. The minimum absolute atomic E-state index is 0.00635. The van der Waals surface area contributed by atoms with Gasteiger partial charge in [0.2, 0.25) is 11.8 Å². The van der Waals surface area contributed by atoms with E-state index in [1.54, 1.807) is 45.0 Å². The number of carbonyl (C=O) groups excluding carboxylic acids is 5. The summed E-state index contributed by atoms with van der Waals surface area (Å²) >= 11 is 0. The number of anilines is 1. The second-order valence-corrected chi connectivity index (χ2v) is 10.8. The molecule has 0 aliphatic heterocycles. The summed E-state index contributed by atoms with van der Waals surface area (Å²) in [7, 11) is 1.27. The van der Waals surface area contributed by atoms with Gasteiger partial charge in [0, 0.05) is 5.69 Å². The van der Waals surface area contributed by atoms with Crippen molar-refractivity contribution in [3.63, 3.8) is 0 Å². The van der Waals surface area contributed by atoms with Gasteiger partial charge in [-0.3, -0.25) is 14.4 Å². The largest absolute Gasteiger partial charge is 0.465 e. The number of benzene rings is 2. The van der Waals surface area contributed by atoms with Crippen molar-refractivity contribution >= 4 is 35.5 Å². The number of hydrogen-bond acceptors (Lipinski definition) is 8. The number of carbonyl (C=O) groups is 5. The fraction of sp³-hybridized carbons (Fsp3) is 0.433. The van der Waals surface area contributed by atoms with Crippen LogP contribution in [-0.4, -0.2) is 54.6 Å². The van der Waals surface area contributed by atoms with Crippen molar-refractivity contribution in [1.29, 1.82) is 0 Å². The van der Waals surface area contributed by atoms with Crippen molar-refractivity contribution in [2.45, 2.75) is 71.8 Å². The molecule has 0 aliphatic rings. The van der Waals surface area contributed by atoms with Crippen LogP contribution in [0, 0.1) is 5.92 Å². The third kappa shape index (κ3) is 12.1. The maximum atomic E-state index is 13.3. The van der Waals surface area contributed by atoms with Crippen LogP contribution < -0.4 is 16.0 Å². The molecular formula is C30H39N3O8. The number of esters is 2. The van der Waals surface area contributed by atoms with Crippen molar-refractivity contribution in [3.05, 3.63) is 65.7 Å². The number of amides is 3. The highest BCUT2D eigenvalue weighted by atomic mass is 16.6. The lowest BCUT2D eigenvalue weighted by molar-refractivity contribution is -0.147. The summed E-state index contributed by atoms with van der Waals surface area (Å²) in [6, 6.07) is 12.7. The van der Waals surface area contributed by atoms with Gasteiger partial charge in [-0.2, -0.15) is 0 Å². The SMILES string of the molecule is COC(=O)c1ccc(NC(=O)[C@H](CC(C)C)NC(=O)[C@@H](CC(=O)OCc2ccccc2)NC(=O)OC(C)(C)C)cc1. The lowest BCUT2D eigenvalue weighted by Gasteiger charge is -2.25. The molecule has 0 bridgehead atoms. The summed E-state index contributed by atoms with van der Waals surface area (Å²) in [4.78, 5) is 63.3. The van der Waals surface area contributed by atoms with Gasteiger partial charge < -0.3 is 30.2 Å². The molecule has 2 atom stereocenters. The minimum Gasteiger partial charge on any atom is -0.465 e. The van der Waals surface area contributed by atoms with Gasteiger partial charge in [0.15, 0.2) is 0 Å². The van der Waals surface area contributed by atoms with Gasteiger partial charge in [-0.1, -0.05) is 44.2 Å². The van der Waals surface area contributed by atoms with E-state index in [0.29, 0.717) is 11.3 Å². The maximum absolute atomic E-state index is 13.3. The van der Waals surface area contributed by atoms with Crippen LogP contribution in [0.15, 0.2) is 54.6 Å². The average Bonchev–Trinajstić information content (AvgIpc) is 2.90. The van der Waals surface area contributed by atoms with Crippen LogP contribution in [0.5, 0.6) is 0 Å². The van der Waals surface area contributed by atoms with Crippen LogP contribution in [-0.2, 0) is 35.2 Å². The monoisotopic (exact) mass is 569 g/mol. The summed E-state index contributed by atoms with van der Waals surface area (Å²) in [5.74, 6) is -2.49. The Bertz CT molecular complexity index is 1190. The molecule has 222 valence electrons. The van der Waals surface area contributed by atoms with Crippen LogP contribution >= 0.6 is 0 Å². The Hall–Kier alpha value is -4.41. The van der Waals surface area contributed by atoms with Crippen molar-refractivity contribution in [3.8, 4) is 0 Å². The number of hydrogen-bond donors (Lipinski definition) is 3. The zero-order valence-corrected chi connectivity index (χ0v) is 24.3. The third-order valence-electron chi connectivity index (χ3n) is 5.53. The van der Waals surface area contributed by atoms with Gasteiger partial charge >= 0.3 is 18.0 Å². The summed E-state index contributed by atoms with van der Waals surface area (Å²) < 4.78 is 15.2. The van der Waals surface area contributed by atoms with Gasteiger partial charge in [-0.05, 0) is 62.9 Å². The maximum Gasteiger partial charge on any atom is 0.408 e. The molecule has 2 aromatic rings. The highest BCUT2D eigenvalue weighted by Gasteiger charge is 2.31. The van der Waals surface area contributed by atoms with Gasteiger partial charge in [-0.25, -0.2) is 9.59 Å². The molecular weight excluding hydrogens is 530 g/mol. The number of ether oxygens (including phenoxy) is 3. The molecule has 0 unspecified atom stereocenters. The summed E-state index contributed by atoms with van der Waals surface area (Å²) in [6.45, 7) is 8.75. The molecule has 3 amide bonds. The third-order valence-corrected chi connectivity index (χ3v) is 5.53. The standard InChI is InChI=1S/C30H39N3O8/c1-19(2)16-23(26(35)31-22-14-12-21(13-15-22)28(37)39-6)32-27(36)24(33-29(38)41-30(3,4)5)17-25(34)40-18-20-10-8-7-9-11-20/h7-15,19,23-24H,16-18H2,1-6H3,(H,31,35)(H,32,36)(H,33,38)/t23-,24+/m0/s1. The molecule has 3 N–H and O–H groups in total. The molecule has 41 heavy (non-hydrogen) atoms. The first kappa shape index (κ1) is 32.8. The highest BCUT2D eigenvalue weighted by Crippen LogP contribution is 2.14. The molecule has 11 nitrogen and oxygen atoms in total. The van der Waals surface area contributed by atoms with E-state index in [-0.39, 0.29) is 18.9 Å². The van der Waals surface area contributed by atoms with Gasteiger partial charge in [0.1, 0.15) is 24.3 Å². The zero-order chi connectivity index (χ0) is 30.6. The van der Waals surface area contributed by atoms with Crippen LogP contribution in [0.4, 0.5) is 10.5 Å². The van der Waals surface area contributed by atoms with Crippen LogP contribution in [0.1, 0.15) is 63.4 Å². The van der Waals surface area contributed by atoms with Gasteiger partial charge in [-0.15, -0.1) is 0 Å². The van der Waals surface area contributed by atoms with Crippen LogP contribution in [0.2, 0.25) is 0 Å². The number of methoxy groups -OCH3 is 1. The molecule has 0 fully saturated rings. The molecule has 0 saturated heterocycles. The average molecular weight is 570 g/mol. The van der Waals surface area contributed by atoms with E-state index < -0.39 is 54.0 Å². The fourth-order valence-corrected chi connectivity index (χ4v) is 3.63. The van der Waals surface area contributed by atoms with E-state index in [0.717, 1.165) is 5.56 Å². The first-order valence-corrected chi connectivity index (χ1v) is 13.3. The number of nitrogens with one attached hydrogen (secondary N) is 3. The van der Waals surface area contributed by atoms with Gasteiger partial charge in [0.05, 0.1) is 19.1 Å². The topological polar surface area (TPSA) is 149 Å². The second kappa shape index (κ2) is 15.4. The van der Waals surface area contributed by atoms with E-state index in [1.807, 2.05) is 19.9 Å². The van der Waals surface area contributed by atoms with E-state index in [9.17, 15) is 24.0 Å². The Kier molecular flexibility index (Phi) is 12.3. The first-order valence-electron chi connectivity index (χ1n) is 13.3. The Balaban J connectivity index is 2.16. The van der Waals surface area contributed by atoms with E-state index in [4.69, 9.17) is 9.47 Å². The number of rotatable bonds is 12. The second-order valence-electron chi connectivity index (χ2n) is 10.8. The Morgan fingerprint density at radius 2 is 1.46 bits per heavy atom. The van der Waals surface area contributed by atoms with E-state index in [2.05, 4.69) is 20.7 Å². The minimum atomic E-state index is -1.37. The Labute approximate surface area is 240 Å². The molecule has 0 saturated carbocycles. The Morgan fingerprint density at radius 1 is 0.829 bits per heavy atom. The normalized spacial score (nSPS) is 12.5. The van der Waals surface area contributed by atoms with Gasteiger partial charge in [0.25, 0.3) is 0 Å². The first-order chi connectivity index (χ1) is 19.3. The molecule has 11 heteroatoms.